The number of carbonyl (C=O) groups is 1. The van der Waals surface area contributed by atoms with Gasteiger partial charge in [0.15, 0.2) is 12.4 Å². The minimum Gasteiger partial charge on any atom is -0.494 e. The van der Waals surface area contributed by atoms with Gasteiger partial charge in [-0.1, -0.05) is 6.07 Å². The minimum atomic E-state index is -3.84. The number of amides is 1. The first-order valence-electron chi connectivity index (χ1n) is 8.14. The predicted octanol–water partition coefficient (Wildman–Crippen LogP) is 2.83. The molecule has 8 heteroatoms. The number of carbonyl (C=O) groups excluding carboxylic acids is 1. The molecule has 138 valence electrons. The number of hydrogen-bond acceptors (Lipinski definition) is 5. The third-order valence-electron chi connectivity index (χ3n) is 3.94. The minimum absolute atomic E-state index is 0.160. The molecule has 0 aliphatic carbocycles. The lowest BCUT2D eigenvalue weighted by Crippen LogP contribution is -2.26. The van der Waals surface area contributed by atoms with Crippen LogP contribution in [0, 0.1) is 13.8 Å². The maximum atomic E-state index is 12.9. The van der Waals surface area contributed by atoms with E-state index in [1.54, 1.807) is 44.2 Å². The van der Waals surface area contributed by atoms with Crippen LogP contribution in [0.2, 0.25) is 0 Å². The number of hydrogen-bond donors (Lipinski definition) is 2. The lowest BCUT2D eigenvalue weighted by atomic mass is 10.1. The van der Waals surface area contributed by atoms with Crippen molar-refractivity contribution in [1.29, 1.82) is 0 Å². The average molecular weight is 376 g/mol. The Labute approximate surface area is 152 Å². The highest BCUT2D eigenvalue weighted by Crippen LogP contribution is 2.37. The summed E-state index contributed by atoms with van der Waals surface area (Å²) < 4.78 is 39.3. The summed E-state index contributed by atoms with van der Waals surface area (Å²) in [5.41, 5.74) is 2.01. The molecule has 1 aliphatic heterocycles. The Morgan fingerprint density at radius 3 is 2.73 bits per heavy atom. The van der Waals surface area contributed by atoms with Crippen molar-refractivity contribution >= 4 is 27.3 Å². The van der Waals surface area contributed by atoms with Crippen LogP contribution in [0.15, 0.2) is 35.2 Å². The molecule has 2 aromatic rings. The summed E-state index contributed by atoms with van der Waals surface area (Å²) in [6, 6.07) is 8.17. The van der Waals surface area contributed by atoms with E-state index in [-0.39, 0.29) is 23.1 Å². The van der Waals surface area contributed by atoms with E-state index < -0.39 is 10.0 Å². The molecule has 7 nitrogen and oxygen atoms in total. The summed E-state index contributed by atoms with van der Waals surface area (Å²) in [5, 5.41) is 2.65. The van der Waals surface area contributed by atoms with Crippen LogP contribution in [0.1, 0.15) is 18.1 Å². The van der Waals surface area contributed by atoms with Gasteiger partial charge in [0.1, 0.15) is 5.75 Å². The molecule has 0 saturated heterocycles. The second kappa shape index (κ2) is 6.87. The normalized spacial score (nSPS) is 13.4. The summed E-state index contributed by atoms with van der Waals surface area (Å²) in [6.07, 6.45) is 0. The summed E-state index contributed by atoms with van der Waals surface area (Å²) >= 11 is 0. The number of sulfonamides is 1. The summed E-state index contributed by atoms with van der Waals surface area (Å²) in [4.78, 5) is 11.6. The van der Waals surface area contributed by atoms with E-state index in [2.05, 4.69) is 10.0 Å². The first-order valence-corrected chi connectivity index (χ1v) is 9.62. The fourth-order valence-corrected chi connectivity index (χ4v) is 4.13. The van der Waals surface area contributed by atoms with Crippen molar-refractivity contribution < 1.29 is 22.7 Å². The molecule has 0 radical (unpaired) electrons. The van der Waals surface area contributed by atoms with E-state index in [4.69, 9.17) is 9.47 Å². The van der Waals surface area contributed by atoms with Crippen LogP contribution < -0.4 is 19.5 Å². The van der Waals surface area contributed by atoms with Crippen LogP contribution in [0.4, 0.5) is 11.4 Å². The number of aryl methyl sites for hydroxylation is 2. The fourth-order valence-electron chi connectivity index (χ4n) is 2.76. The van der Waals surface area contributed by atoms with E-state index in [0.717, 1.165) is 5.56 Å². The van der Waals surface area contributed by atoms with Gasteiger partial charge in [-0.15, -0.1) is 0 Å². The molecule has 0 atom stereocenters. The third kappa shape index (κ3) is 3.45. The van der Waals surface area contributed by atoms with Gasteiger partial charge in [0.2, 0.25) is 0 Å². The van der Waals surface area contributed by atoms with Gasteiger partial charge >= 0.3 is 0 Å². The Bertz CT molecular complexity index is 970. The SMILES string of the molecule is CCOc1cc(C)c(S(=O)(=O)Nc2cccc3c2OCC(=O)N3)cc1C. The molecule has 0 fully saturated rings. The van der Waals surface area contributed by atoms with Crippen LogP contribution in [0.3, 0.4) is 0 Å². The molecule has 2 aromatic carbocycles. The Hall–Kier alpha value is -2.74. The molecule has 2 N–H and O–H groups in total. The van der Waals surface area contributed by atoms with Crippen LogP contribution in [0.25, 0.3) is 0 Å². The third-order valence-corrected chi connectivity index (χ3v) is 5.45. The van der Waals surface area contributed by atoms with Gasteiger partial charge in [0, 0.05) is 0 Å². The second-order valence-electron chi connectivity index (χ2n) is 5.94. The monoisotopic (exact) mass is 376 g/mol. The maximum absolute atomic E-state index is 12.9. The zero-order valence-electron chi connectivity index (χ0n) is 14.8. The molecular formula is C18H20N2O5S. The lowest BCUT2D eigenvalue weighted by molar-refractivity contribution is -0.118. The van der Waals surface area contributed by atoms with E-state index in [9.17, 15) is 13.2 Å². The van der Waals surface area contributed by atoms with Gasteiger partial charge in [-0.3, -0.25) is 9.52 Å². The number of nitrogens with one attached hydrogen (secondary N) is 2. The zero-order chi connectivity index (χ0) is 18.9. The molecule has 1 heterocycles. The molecule has 0 aromatic heterocycles. The molecule has 0 spiro atoms. The van der Waals surface area contributed by atoms with Crippen molar-refractivity contribution in [1.82, 2.24) is 0 Å². The average Bonchev–Trinajstić information content (AvgIpc) is 2.57. The highest BCUT2D eigenvalue weighted by atomic mass is 32.2. The molecule has 0 unspecified atom stereocenters. The van der Waals surface area contributed by atoms with Gasteiger partial charge in [0.25, 0.3) is 15.9 Å². The molecular weight excluding hydrogens is 356 g/mol. The van der Waals surface area contributed by atoms with Gasteiger partial charge in [-0.25, -0.2) is 8.42 Å². The van der Waals surface area contributed by atoms with Gasteiger partial charge in [0.05, 0.1) is 22.9 Å². The maximum Gasteiger partial charge on any atom is 0.262 e. The van der Waals surface area contributed by atoms with Crippen molar-refractivity contribution in [2.75, 3.05) is 23.3 Å². The highest BCUT2D eigenvalue weighted by molar-refractivity contribution is 7.92. The number of ether oxygens (including phenoxy) is 2. The number of benzene rings is 2. The summed E-state index contributed by atoms with van der Waals surface area (Å²) in [6.45, 7) is 5.73. The van der Waals surface area contributed by atoms with Crippen LogP contribution >= 0.6 is 0 Å². The van der Waals surface area contributed by atoms with E-state index >= 15 is 0 Å². The molecule has 1 amide bonds. The van der Waals surface area contributed by atoms with Crippen molar-refractivity contribution in [3.63, 3.8) is 0 Å². The zero-order valence-corrected chi connectivity index (χ0v) is 15.6. The molecule has 26 heavy (non-hydrogen) atoms. The molecule has 0 bridgehead atoms. The van der Waals surface area contributed by atoms with Crippen LogP contribution in [-0.2, 0) is 14.8 Å². The Morgan fingerprint density at radius 1 is 1.23 bits per heavy atom. The van der Waals surface area contributed by atoms with Gasteiger partial charge in [-0.2, -0.15) is 0 Å². The van der Waals surface area contributed by atoms with Crippen LogP contribution in [-0.4, -0.2) is 27.5 Å². The van der Waals surface area contributed by atoms with Gasteiger partial charge in [-0.05, 0) is 56.2 Å². The fraction of sp³-hybridized carbons (Fsp3) is 0.278. The number of fused-ring (bicyclic) bond motifs is 1. The van der Waals surface area contributed by atoms with Crippen molar-refractivity contribution in [2.45, 2.75) is 25.7 Å². The number of para-hydroxylation sites is 1. The Balaban J connectivity index is 1.97. The number of rotatable bonds is 5. The van der Waals surface area contributed by atoms with E-state index in [1.807, 2.05) is 6.92 Å². The summed E-state index contributed by atoms with van der Waals surface area (Å²) in [7, 11) is -3.84. The smallest absolute Gasteiger partial charge is 0.262 e. The molecule has 3 rings (SSSR count). The molecule has 1 aliphatic rings. The highest BCUT2D eigenvalue weighted by Gasteiger charge is 2.24. The second-order valence-corrected chi connectivity index (χ2v) is 7.59. The Kier molecular flexibility index (Phi) is 4.78. The quantitative estimate of drug-likeness (QED) is 0.837. The first-order chi connectivity index (χ1) is 12.3. The molecule has 0 saturated carbocycles. The van der Waals surface area contributed by atoms with Crippen molar-refractivity contribution in [3.05, 3.63) is 41.5 Å². The lowest BCUT2D eigenvalue weighted by Gasteiger charge is -2.21. The predicted molar refractivity (Wildman–Crippen MR) is 98.5 cm³/mol. The van der Waals surface area contributed by atoms with Crippen molar-refractivity contribution in [3.8, 4) is 11.5 Å². The number of anilines is 2. The van der Waals surface area contributed by atoms with Crippen molar-refractivity contribution in [2.24, 2.45) is 0 Å². The van der Waals surface area contributed by atoms with Crippen LogP contribution in [0.5, 0.6) is 11.5 Å². The van der Waals surface area contributed by atoms with E-state index in [1.165, 1.54) is 0 Å². The standard InChI is InChI=1S/C18H20N2O5S/c1-4-24-15-8-12(3)16(9-11(15)2)26(22,23)20-14-7-5-6-13-18(14)25-10-17(21)19-13/h5-9,20H,4,10H2,1-3H3,(H,19,21). The Morgan fingerprint density at radius 2 is 2.00 bits per heavy atom. The topological polar surface area (TPSA) is 93.7 Å². The largest absolute Gasteiger partial charge is 0.494 e. The van der Waals surface area contributed by atoms with Gasteiger partial charge < -0.3 is 14.8 Å². The van der Waals surface area contributed by atoms with E-state index in [0.29, 0.717) is 29.4 Å². The summed E-state index contributed by atoms with van der Waals surface area (Å²) in [5.74, 6) is 0.679. The first kappa shape index (κ1) is 18.1.